The summed E-state index contributed by atoms with van der Waals surface area (Å²) in [5.74, 6) is -0.0787. The highest BCUT2D eigenvalue weighted by atomic mass is 16.7. The zero-order valence-corrected chi connectivity index (χ0v) is 11.6. The van der Waals surface area contributed by atoms with Crippen molar-refractivity contribution in [3.05, 3.63) is 54.6 Å². The van der Waals surface area contributed by atoms with Gasteiger partial charge in [-0.3, -0.25) is 9.63 Å². The predicted molar refractivity (Wildman–Crippen MR) is 81.9 cm³/mol. The van der Waals surface area contributed by atoms with Crippen molar-refractivity contribution < 1.29 is 9.63 Å². The van der Waals surface area contributed by atoms with Gasteiger partial charge < -0.3 is 4.57 Å². The van der Waals surface area contributed by atoms with Crippen molar-refractivity contribution in [3.63, 3.8) is 0 Å². The second-order valence-electron chi connectivity index (χ2n) is 5.06. The maximum absolute atomic E-state index is 12.5. The van der Waals surface area contributed by atoms with Gasteiger partial charge in [0.15, 0.2) is 0 Å². The summed E-state index contributed by atoms with van der Waals surface area (Å²) < 4.78 is 2.05. The molecule has 0 bridgehead atoms. The van der Waals surface area contributed by atoms with E-state index in [1.807, 2.05) is 42.5 Å². The van der Waals surface area contributed by atoms with E-state index in [1.165, 1.54) is 12.2 Å². The highest BCUT2D eigenvalue weighted by Crippen LogP contribution is 2.37. The fourth-order valence-corrected chi connectivity index (χ4v) is 3.01. The standard InChI is InChI=1S/C17H14N2O2/c1-21-19-15-9-5-3-7-13(15)16-10-12-6-2-4-8-14(12)18(16)11-17(19)20/h2-10H,11H2,1H3. The molecular weight excluding hydrogens is 264 g/mol. The Bertz CT molecular complexity index is 851. The van der Waals surface area contributed by atoms with E-state index in [9.17, 15) is 4.79 Å². The number of rotatable bonds is 1. The van der Waals surface area contributed by atoms with Crippen molar-refractivity contribution in [2.24, 2.45) is 0 Å². The Kier molecular flexibility index (Phi) is 2.59. The van der Waals surface area contributed by atoms with Gasteiger partial charge in [-0.25, -0.2) is 0 Å². The Morgan fingerprint density at radius 3 is 2.67 bits per heavy atom. The number of para-hydroxylation sites is 2. The van der Waals surface area contributed by atoms with Crippen LogP contribution < -0.4 is 5.06 Å². The molecule has 1 aromatic heterocycles. The molecule has 4 nitrogen and oxygen atoms in total. The van der Waals surface area contributed by atoms with Crippen LogP contribution in [0.1, 0.15) is 0 Å². The number of hydroxylamine groups is 1. The highest BCUT2D eigenvalue weighted by molar-refractivity contribution is 6.01. The number of carbonyl (C=O) groups is 1. The first-order chi connectivity index (χ1) is 10.3. The molecule has 0 fully saturated rings. The second-order valence-corrected chi connectivity index (χ2v) is 5.06. The molecule has 0 N–H and O–H groups in total. The van der Waals surface area contributed by atoms with Gasteiger partial charge in [-0.1, -0.05) is 36.4 Å². The Balaban J connectivity index is 2.08. The van der Waals surface area contributed by atoms with Crippen molar-refractivity contribution in [3.8, 4) is 11.3 Å². The van der Waals surface area contributed by atoms with E-state index in [2.05, 4.69) is 16.7 Å². The molecule has 2 heterocycles. The molecule has 0 saturated heterocycles. The number of amides is 1. The van der Waals surface area contributed by atoms with Crippen LogP contribution in [-0.2, 0) is 16.2 Å². The summed E-state index contributed by atoms with van der Waals surface area (Å²) in [6, 6.07) is 18.0. The predicted octanol–water partition coefficient (Wildman–Crippen LogP) is 3.22. The maximum Gasteiger partial charge on any atom is 0.270 e. The van der Waals surface area contributed by atoms with Gasteiger partial charge >= 0.3 is 0 Å². The van der Waals surface area contributed by atoms with Crippen molar-refractivity contribution in [2.45, 2.75) is 6.54 Å². The van der Waals surface area contributed by atoms with Crippen LogP contribution in [0.5, 0.6) is 0 Å². The molecule has 4 rings (SSSR count). The van der Waals surface area contributed by atoms with Gasteiger partial charge in [-0.15, -0.1) is 0 Å². The Labute approximate surface area is 122 Å². The van der Waals surface area contributed by atoms with Gasteiger partial charge in [0.05, 0.1) is 18.5 Å². The number of benzene rings is 2. The Morgan fingerprint density at radius 2 is 1.81 bits per heavy atom. The summed E-state index contributed by atoms with van der Waals surface area (Å²) in [7, 11) is 1.52. The lowest BCUT2D eigenvalue weighted by molar-refractivity contribution is -0.125. The van der Waals surface area contributed by atoms with E-state index < -0.39 is 0 Å². The van der Waals surface area contributed by atoms with Gasteiger partial charge in [-0.2, -0.15) is 5.06 Å². The van der Waals surface area contributed by atoms with Crippen LogP contribution in [0.4, 0.5) is 5.69 Å². The van der Waals surface area contributed by atoms with Gasteiger partial charge in [0.25, 0.3) is 5.91 Å². The second kappa shape index (κ2) is 4.46. The minimum absolute atomic E-state index is 0.0787. The SMILES string of the molecule is CON1C(=O)Cn2c(cc3ccccc32)-c2ccccc21. The number of hydrogen-bond acceptors (Lipinski definition) is 2. The third-order valence-corrected chi connectivity index (χ3v) is 3.91. The van der Waals surface area contributed by atoms with E-state index in [0.29, 0.717) is 0 Å². The minimum atomic E-state index is -0.0787. The fourth-order valence-electron chi connectivity index (χ4n) is 3.01. The maximum atomic E-state index is 12.5. The van der Waals surface area contributed by atoms with Gasteiger partial charge in [0, 0.05) is 16.5 Å². The van der Waals surface area contributed by atoms with Crippen molar-refractivity contribution in [2.75, 3.05) is 12.2 Å². The molecule has 104 valence electrons. The van der Waals surface area contributed by atoms with Crippen LogP contribution in [0.25, 0.3) is 22.2 Å². The summed E-state index contributed by atoms with van der Waals surface area (Å²) in [4.78, 5) is 17.8. The summed E-state index contributed by atoms with van der Waals surface area (Å²) in [5, 5.41) is 2.51. The van der Waals surface area contributed by atoms with Crippen LogP contribution in [-0.4, -0.2) is 17.6 Å². The molecule has 1 aliphatic rings. The van der Waals surface area contributed by atoms with Crippen LogP contribution >= 0.6 is 0 Å². The molecule has 0 unspecified atom stereocenters. The number of hydrogen-bond donors (Lipinski definition) is 0. The van der Waals surface area contributed by atoms with Crippen molar-refractivity contribution in [1.29, 1.82) is 0 Å². The van der Waals surface area contributed by atoms with Crippen LogP contribution in [0, 0.1) is 0 Å². The van der Waals surface area contributed by atoms with E-state index in [4.69, 9.17) is 4.84 Å². The van der Waals surface area contributed by atoms with E-state index in [1.54, 1.807) is 0 Å². The van der Waals surface area contributed by atoms with E-state index in [0.717, 1.165) is 27.8 Å². The number of aromatic nitrogens is 1. The molecule has 0 atom stereocenters. The van der Waals surface area contributed by atoms with Crippen LogP contribution in [0.2, 0.25) is 0 Å². The first kappa shape index (κ1) is 12.2. The topological polar surface area (TPSA) is 34.5 Å². The lowest BCUT2D eigenvalue weighted by Gasteiger charge is -2.19. The number of fused-ring (bicyclic) bond motifs is 5. The lowest BCUT2D eigenvalue weighted by atomic mass is 10.1. The quantitative estimate of drug-likeness (QED) is 0.685. The number of carbonyl (C=O) groups excluding carboxylic acids is 1. The fraction of sp³-hybridized carbons (Fsp3) is 0.118. The summed E-state index contributed by atoms with van der Waals surface area (Å²) in [5.41, 5.74) is 3.89. The Morgan fingerprint density at radius 1 is 1.05 bits per heavy atom. The van der Waals surface area contributed by atoms with Gasteiger partial charge in [0.2, 0.25) is 0 Å². The average Bonchev–Trinajstić information content (AvgIpc) is 2.82. The zero-order valence-electron chi connectivity index (χ0n) is 11.6. The molecule has 0 spiro atoms. The first-order valence-electron chi connectivity index (χ1n) is 6.84. The Hall–Kier alpha value is -2.59. The molecule has 0 aliphatic carbocycles. The average molecular weight is 278 g/mol. The number of nitrogens with zero attached hydrogens (tertiary/aromatic N) is 2. The normalized spacial score (nSPS) is 14.0. The molecule has 3 aromatic rings. The summed E-state index contributed by atoms with van der Waals surface area (Å²) >= 11 is 0. The molecule has 0 saturated carbocycles. The largest absolute Gasteiger partial charge is 0.331 e. The summed E-state index contributed by atoms with van der Waals surface area (Å²) in [6.07, 6.45) is 0. The van der Waals surface area contributed by atoms with Gasteiger partial charge in [-0.05, 0) is 18.2 Å². The molecular formula is C17H14N2O2. The smallest absolute Gasteiger partial charge is 0.270 e. The highest BCUT2D eigenvalue weighted by Gasteiger charge is 2.26. The van der Waals surface area contributed by atoms with E-state index >= 15 is 0 Å². The third-order valence-electron chi connectivity index (χ3n) is 3.91. The first-order valence-corrected chi connectivity index (χ1v) is 6.84. The molecule has 21 heavy (non-hydrogen) atoms. The number of anilines is 1. The third kappa shape index (κ3) is 1.69. The lowest BCUT2D eigenvalue weighted by Crippen LogP contribution is -2.31. The van der Waals surface area contributed by atoms with Crippen LogP contribution in [0.3, 0.4) is 0 Å². The monoisotopic (exact) mass is 278 g/mol. The summed E-state index contributed by atoms with van der Waals surface area (Å²) in [6.45, 7) is 0.269. The van der Waals surface area contributed by atoms with Crippen LogP contribution in [0.15, 0.2) is 54.6 Å². The van der Waals surface area contributed by atoms with Gasteiger partial charge in [0.1, 0.15) is 6.54 Å². The molecule has 0 radical (unpaired) electrons. The van der Waals surface area contributed by atoms with Crippen molar-refractivity contribution in [1.82, 2.24) is 4.57 Å². The zero-order chi connectivity index (χ0) is 14.4. The van der Waals surface area contributed by atoms with Crippen molar-refractivity contribution >= 4 is 22.5 Å². The molecule has 1 aliphatic heterocycles. The molecule has 1 amide bonds. The minimum Gasteiger partial charge on any atom is -0.331 e. The van der Waals surface area contributed by atoms with E-state index in [-0.39, 0.29) is 12.5 Å². The molecule has 4 heteroatoms. The molecule has 2 aromatic carbocycles.